The van der Waals surface area contributed by atoms with Gasteiger partial charge in [-0.15, -0.1) is 0 Å². The van der Waals surface area contributed by atoms with Gasteiger partial charge in [-0.25, -0.2) is 9.78 Å². The van der Waals surface area contributed by atoms with Gasteiger partial charge in [0.05, 0.1) is 17.9 Å². The molecule has 1 fully saturated rings. The molecule has 0 spiro atoms. The van der Waals surface area contributed by atoms with Crippen molar-refractivity contribution >= 4 is 17.6 Å². The number of hydrogen-bond acceptors (Lipinski definition) is 4. The predicted octanol–water partition coefficient (Wildman–Crippen LogP) is 4.34. The number of likely N-dealkylation sites (tertiary alicyclic amines) is 1. The minimum absolute atomic E-state index is 0.00126. The van der Waals surface area contributed by atoms with E-state index in [0.29, 0.717) is 25.4 Å². The number of anilines is 1. The highest BCUT2D eigenvalue weighted by Crippen LogP contribution is 2.32. The Morgan fingerprint density at radius 3 is 2.38 bits per heavy atom. The second-order valence-corrected chi connectivity index (χ2v) is 10.6. The number of carbonyl (C=O) groups excluding carboxylic acids is 2. The SMILES string of the molecule is Cc1cc(C)c(-c2nc3c([nH]2)CN(C(=O)N(C)C)CC3)cc1C(=O)N1CCC(c2ccc(N)cc2)CC1. The van der Waals surface area contributed by atoms with Crippen LogP contribution in [0.1, 0.15) is 57.2 Å². The molecule has 194 valence electrons. The summed E-state index contributed by atoms with van der Waals surface area (Å²) in [5.41, 5.74) is 13.6. The molecule has 2 aliphatic heterocycles. The van der Waals surface area contributed by atoms with Crippen LogP contribution >= 0.6 is 0 Å². The van der Waals surface area contributed by atoms with E-state index in [-0.39, 0.29) is 11.9 Å². The molecule has 2 aliphatic rings. The maximum atomic E-state index is 13.6. The van der Waals surface area contributed by atoms with Crippen molar-refractivity contribution in [1.82, 2.24) is 24.7 Å². The maximum Gasteiger partial charge on any atom is 0.319 e. The van der Waals surface area contributed by atoms with Crippen molar-refractivity contribution in [1.29, 1.82) is 0 Å². The van der Waals surface area contributed by atoms with Crippen LogP contribution < -0.4 is 5.73 Å². The van der Waals surface area contributed by atoms with E-state index in [4.69, 9.17) is 10.7 Å². The lowest BCUT2D eigenvalue weighted by Gasteiger charge is -2.33. The number of H-pyrrole nitrogens is 1. The third kappa shape index (κ3) is 4.92. The number of benzene rings is 2. The quantitative estimate of drug-likeness (QED) is 0.523. The van der Waals surface area contributed by atoms with Crippen molar-refractivity contribution in [3.8, 4) is 11.4 Å². The van der Waals surface area contributed by atoms with Gasteiger partial charge in [-0.1, -0.05) is 18.2 Å². The third-order valence-corrected chi connectivity index (χ3v) is 7.73. The zero-order valence-corrected chi connectivity index (χ0v) is 22.2. The first-order chi connectivity index (χ1) is 17.7. The summed E-state index contributed by atoms with van der Waals surface area (Å²) in [6.07, 6.45) is 2.60. The number of imidazole rings is 1. The highest BCUT2D eigenvalue weighted by Gasteiger charge is 2.28. The molecule has 3 N–H and O–H groups in total. The Labute approximate surface area is 218 Å². The minimum Gasteiger partial charge on any atom is -0.399 e. The number of piperidine rings is 1. The molecule has 0 aliphatic carbocycles. The molecule has 0 unspecified atom stereocenters. The van der Waals surface area contributed by atoms with E-state index in [1.54, 1.807) is 19.0 Å². The van der Waals surface area contributed by atoms with Crippen molar-refractivity contribution in [3.63, 3.8) is 0 Å². The van der Waals surface area contributed by atoms with Gasteiger partial charge in [-0.3, -0.25) is 4.79 Å². The summed E-state index contributed by atoms with van der Waals surface area (Å²) in [5, 5.41) is 0. The number of aryl methyl sites for hydroxylation is 2. The number of aromatic amines is 1. The van der Waals surface area contributed by atoms with Crippen molar-refractivity contribution in [3.05, 3.63) is 70.0 Å². The van der Waals surface area contributed by atoms with E-state index in [1.807, 2.05) is 34.9 Å². The second-order valence-electron chi connectivity index (χ2n) is 10.6. The normalized spacial score (nSPS) is 16.0. The largest absolute Gasteiger partial charge is 0.399 e. The fourth-order valence-corrected chi connectivity index (χ4v) is 5.56. The first-order valence-electron chi connectivity index (χ1n) is 13.0. The lowest BCUT2D eigenvalue weighted by atomic mass is 9.89. The van der Waals surface area contributed by atoms with Crippen molar-refractivity contribution in [2.75, 3.05) is 39.5 Å². The number of rotatable bonds is 3. The first kappa shape index (κ1) is 24.9. The Morgan fingerprint density at radius 2 is 1.70 bits per heavy atom. The van der Waals surface area contributed by atoms with Gasteiger partial charge in [-0.2, -0.15) is 0 Å². The van der Waals surface area contributed by atoms with E-state index in [2.05, 4.69) is 30.1 Å². The fourth-order valence-electron chi connectivity index (χ4n) is 5.56. The topological polar surface area (TPSA) is 98.6 Å². The molecular formula is C29H36N6O2. The number of nitrogens with zero attached hydrogens (tertiary/aromatic N) is 4. The van der Waals surface area contributed by atoms with Crippen LogP contribution in [-0.4, -0.2) is 70.3 Å². The second kappa shape index (κ2) is 9.92. The number of nitrogens with one attached hydrogen (secondary N) is 1. The smallest absolute Gasteiger partial charge is 0.319 e. The fraction of sp³-hybridized carbons (Fsp3) is 0.414. The number of urea groups is 1. The Morgan fingerprint density at radius 1 is 1.00 bits per heavy atom. The molecule has 0 radical (unpaired) electrons. The Kier molecular flexibility index (Phi) is 6.67. The Balaban J connectivity index is 1.34. The average molecular weight is 501 g/mol. The average Bonchev–Trinajstić information content (AvgIpc) is 3.31. The zero-order valence-electron chi connectivity index (χ0n) is 22.2. The molecule has 0 bridgehead atoms. The molecule has 3 aromatic rings. The number of amides is 3. The van der Waals surface area contributed by atoms with Crippen LogP contribution in [0.2, 0.25) is 0 Å². The number of hydrogen-bond donors (Lipinski definition) is 2. The van der Waals surface area contributed by atoms with Crippen molar-refractivity contribution in [2.24, 2.45) is 0 Å². The van der Waals surface area contributed by atoms with Crippen LogP contribution in [-0.2, 0) is 13.0 Å². The van der Waals surface area contributed by atoms with Crippen LogP contribution in [0.4, 0.5) is 10.5 Å². The van der Waals surface area contributed by atoms with Crippen LogP contribution in [0.15, 0.2) is 36.4 Å². The van der Waals surface area contributed by atoms with E-state index in [9.17, 15) is 9.59 Å². The summed E-state index contributed by atoms with van der Waals surface area (Å²) in [6.45, 7) is 6.69. The van der Waals surface area contributed by atoms with Crippen LogP contribution in [0.3, 0.4) is 0 Å². The van der Waals surface area contributed by atoms with Gasteiger partial charge >= 0.3 is 6.03 Å². The third-order valence-electron chi connectivity index (χ3n) is 7.73. The predicted molar refractivity (Wildman–Crippen MR) is 145 cm³/mol. The maximum absolute atomic E-state index is 13.6. The van der Waals surface area contributed by atoms with Crippen molar-refractivity contribution in [2.45, 2.75) is 45.6 Å². The number of nitrogens with two attached hydrogens (primary N) is 1. The van der Waals surface area contributed by atoms with E-state index in [1.165, 1.54) is 5.56 Å². The lowest BCUT2D eigenvalue weighted by molar-refractivity contribution is 0.0712. The summed E-state index contributed by atoms with van der Waals surface area (Å²) in [7, 11) is 3.54. The van der Waals surface area contributed by atoms with Gasteiger partial charge in [0.15, 0.2) is 0 Å². The number of carbonyl (C=O) groups is 2. The van der Waals surface area contributed by atoms with Crippen LogP contribution in [0, 0.1) is 13.8 Å². The molecular weight excluding hydrogens is 464 g/mol. The summed E-state index contributed by atoms with van der Waals surface area (Å²) in [6, 6.07) is 12.2. The first-order valence-corrected chi connectivity index (χ1v) is 13.0. The number of fused-ring (bicyclic) bond motifs is 1. The summed E-state index contributed by atoms with van der Waals surface area (Å²) in [5.74, 6) is 1.29. The Hall–Kier alpha value is -3.81. The molecule has 2 aromatic carbocycles. The molecule has 1 saturated heterocycles. The van der Waals surface area contributed by atoms with Gasteiger partial charge in [0.2, 0.25) is 0 Å². The monoisotopic (exact) mass is 500 g/mol. The molecule has 1 aromatic heterocycles. The molecule has 3 heterocycles. The van der Waals surface area contributed by atoms with E-state index >= 15 is 0 Å². The zero-order chi connectivity index (χ0) is 26.3. The summed E-state index contributed by atoms with van der Waals surface area (Å²) >= 11 is 0. The molecule has 37 heavy (non-hydrogen) atoms. The van der Waals surface area contributed by atoms with Gasteiger partial charge in [0, 0.05) is 57.0 Å². The van der Waals surface area contributed by atoms with E-state index in [0.717, 1.165) is 71.1 Å². The minimum atomic E-state index is 0.00126. The van der Waals surface area contributed by atoms with Crippen LogP contribution in [0.5, 0.6) is 0 Å². The van der Waals surface area contributed by atoms with E-state index < -0.39 is 0 Å². The molecule has 5 rings (SSSR count). The van der Waals surface area contributed by atoms with Gasteiger partial charge in [0.1, 0.15) is 5.82 Å². The standard InChI is InChI=1S/C29H36N6O2/c1-18-15-19(2)24(28(36)34-12-9-21(10-13-34)20-5-7-22(30)8-6-20)16-23(18)27-31-25-11-14-35(17-26(25)32-27)29(37)33(3)4/h5-8,15-16,21H,9-14,17,30H2,1-4H3,(H,31,32). The highest BCUT2D eigenvalue weighted by molar-refractivity contribution is 5.97. The number of nitrogen functional groups attached to an aromatic ring is 1. The molecule has 0 atom stereocenters. The summed E-state index contributed by atoms with van der Waals surface area (Å²) < 4.78 is 0. The molecule has 8 heteroatoms. The Bertz CT molecular complexity index is 1320. The number of aromatic nitrogens is 2. The highest BCUT2D eigenvalue weighted by atomic mass is 16.2. The molecule has 8 nitrogen and oxygen atoms in total. The summed E-state index contributed by atoms with van der Waals surface area (Å²) in [4.78, 5) is 39.8. The van der Waals surface area contributed by atoms with Gasteiger partial charge < -0.3 is 25.4 Å². The molecule has 3 amide bonds. The molecule has 0 saturated carbocycles. The van der Waals surface area contributed by atoms with Crippen molar-refractivity contribution < 1.29 is 9.59 Å². The van der Waals surface area contributed by atoms with Crippen LogP contribution in [0.25, 0.3) is 11.4 Å². The van der Waals surface area contributed by atoms with Gasteiger partial charge in [0.25, 0.3) is 5.91 Å². The van der Waals surface area contributed by atoms with Gasteiger partial charge in [-0.05, 0) is 67.5 Å². The lowest BCUT2D eigenvalue weighted by Crippen LogP contribution is -2.42.